The minimum Gasteiger partial charge on any atom is -0.506 e. The molecule has 0 spiro atoms. The number of hydrogen-bond acceptors (Lipinski definition) is 6. The molecule has 0 aliphatic rings. The number of benzene rings is 3. The molecular weight excluding hydrogens is 680 g/mol. The topological polar surface area (TPSA) is 93.1 Å². The van der Waals surface area contributed by atoms with Crippen LogP contribution in [0, 0.1) is 0 Å². The number of ether oxygens (including phenoxy) is 2. The van der Waals surface area contributed by atoms with Gasteiger partial charge in [0.2, 0.25) is 0 Å². The minimum atomic E-state index is -0.607. The van der Waals surface area contributed by atoms with Crippen molar-refractivity contribution in [1.29, 1.82) is 0 Å². The lowest BCUT2D eigenvalue weighted by molar-refractivity contribution is 0.0456. The summed E-state index contributed by atoms with van der Waals surface area (Å²) in [6.07, 6.45) is 0. The molecule has 3 aromatic carbocycles. The number of esters is 2. The number of hydrogen-bond donors (Lipinski definition) is 2. The fourth-order valence-electron chi connectivity index (χ4n) is 2.65. The molecule has 0 fully saturated rings. The highest BCUT2D eigenvalue weighted by molar-refractivity contribution is 9.11. The Labute approximate surface area is 217 Å². The van der Waals surface area contributed by atoms with E-state index in [1.165, 1.54) is 24.3 Å². The van der Waals surface area contributed by atoms with Crippen LogP contribution in [0.15, 0.2) is 66.4 Å². The van der Waals surface area contributed by atoms with Crippen molar-refractivity contribution < 1.29 is 29.3 Å². The maximum atomic E-state index is 12.3. The third kappa shape index (κ3) is 6.12. The Hall–Kier alpha value is -1.88. The first-order valence-electron chi connectivity index (χ1n) is 8.93. The molecule has 0 aromatic heterocycles. The van der Waals surface area contributed by atoms with Gasteiger partial charge in [0, 0.05) is 20.1 Å². The Balaban J connectivity index is 1.61. The molecule has 3 rings (SSSR count). The van der Waals surface area contributed by atoms with Crippen molar-refractivity contribution in [3.63, 3.8) is 0 Å². The summed E-state index contributed by atoms with van der Waals surface area (Å²) in [5, 5.41) is 20.1. The number of carbonyl (C=O) groups excluding carboxylic acids is 2. The fraction of sp³-hybridized carbons (Fsp3) is 0.0909. The van der Waals surface area contributed by atoms with Gasteiger partial charge in [-0.3, -0.25) is 0 Å². The van der Waals surface area contributed by atoms with Crippen molar-refractivity contribution in [3.05, 3.63) is 88.7 Å². The summed E-state index contributed by atoms with van der Waals surface area (Å²) in [6.45, 7) is -0.254. The van der Waals surface area contributed by atoms with Crippen molar-refractivity contribution >= 4 is 75.7 Å². The number of rotatable bonds is 6. The summed E-state index contributed by atoms with van der Waals surface area (Å²) in [6, 6.07) is 12.4. The third-order valence-corrected chi connectivity index (χ3v) is 6.41. The van der Waals surface area contributed by atoms with Crippen LogP contribution in [0.25, 0.3) is 0 Å². The molecule has 0 radical (unpaired) electrons. The van der Waals surface area contributed by atoms with Gasteiger partial charge in [-0.1, -0.05) is 31.9 Å². The van der Waals surface area contributed by atoms with Gasteiger partial charge in [-0.15, -0.1) is 0 Å². The number of phenols is 2. The first kappa shape index (κ1) is 24.8. The van der Waals surface area contributed by atoms with E-state index >= 15 is 0 Å². The van der Waals surface area contributed by atoms with Gasteiger partial charge in [-0.25, -0.2) is 9.59 Å². The summed E-state index contributed by atoms with van der Waals surface area (Å²) in [4.78, 5) is 24.6. The van der Waals surface area contributed by atoms with Crippen molar-refractivity contribution in [1.82, 2.24) is 0 Å². The molecule has 0 bridgehead atoms. The Kier molecular flexibility index (Phi) is 8.37. The molecular formula is C22H14Br4O6. The SMILES string of the molecule is O=C(OCc1cc(Br)cc(Br)c1O)c1ccc(C(=O)OCc2cc(Br)cc(Br)c2O)cc1. The molecule has 2 N–H and O–H groups in total. The summed E-state index contributed by atoms with van der Waals surface area (Å²) >= 11 is 13.1. The van der Waals surface area contributed by atoms with Crippen molar-refractivity contribution in [2.45, 2.75) is 13.2 Å². The van der Waals surface area contributed by atoms with Gasteiger partial charge < -0.3 is 19.7 Å². The highest BCUT2D eigenvalue weighted by atomic mass is 79.9. The first-order chi connectivity index (χ1) is 15.2. The van der Waals surface area contributed by atoms with E-state index in [2.05, 4.69) is 63.7 Å². The summed E-state index contributed by atoms with van der Waals surface area (Å²) in [5.41, 5.74) is 1.34. The fourth-order valence-corrected chi connectivity index (χ4v) is 5.28. The number of carbonyl (C=O) groups is 2. The molecule has 166 valence electrons. The van der Waals surface area contributed by atoms with Crippen LogP contribution < -0.4 is 0 Å². The molecule has 0 aliphatic heterocycles. The summed E-state index contributed by atoms with van der Waals surface area (Å²) in [7, 11) is 0. The Morgan fingerprint density at radius 3 is 1.34 bits per heavy atom. The summed E-state index contributed by atoms with van der Waals surface area (Å²) < 4.78 is 12.9. The molecule has 0 atom stereocenters. The lowest BCUT2D eigenvalue weighted by Gasteiger charge is -2.10. The zero-order valence-corrected chi connectivity index (χ0v) is 22.4. The number of halogens is 4. The zero-order chi connectivity index (χ0) is 23.4. The highest BCUT2D eigenvalue weighted by Gasteiger charge is 2.15. The second-order valence-electron chi connectivity index (χ2n) is 6.52. The molecule has 32 heavy (non-hydrogen) atoms. The maximum absolute atomic E-state index is 12.3. The van der Waals surface area contributed by atoms with E-state index in [-0.39, 0.29) is 35.8 Å². The quantitative estimate of drug-likeness (QED) is 0.274. The average Bonchev–Trinajstić information content (AvgIpc) is 2.76. The van der Waals surface area contributed by atoms with E-state index in [0.717, 1.165) is 8.95 Å². The van der Waals surface area contributed by atoms with Gasteiger partial charge in [0.15, 0.2) is 0 Å². The molecule has 0 unspecified atom stereocenters. The van der Waals surface area contributed by atoms with Crippen LogP contribution in [0.2, 0.25) is 0 Å². The van der Waals surface area contributed by atoms with Gasteiger partial charge in [-0.05, 0) is 80.4 Å². The molecule has 0 saturated carbocycles. The van der Waals surface area contributed by atoms with E-state index in [1.54, 1.807) is 24.3 Å². The van der Waals surface area contributed by atoms with Crippen molar-refractivity contribution in [2.24, 2.45) is 0 Å². The smallest absolute Gasteiger partial charge is 0.338 e. The second-order valence-corrected chi connectivity index (χ2v) is 10.1. The zero-order valence-electron chi connectivity index (χ0n) is 16.1. The number of phenolic OH excluding ortho intramolecular Hbond substituents is 2. The summed E-state index contributed by atoms with van der Waals surface area (Å²) in [5.74, 6) is -1.24. The molecule has 0 saturated heterocycles. The molecule has 0 aliphatic carbocycles. The standard InChI is InChI=1S/C22H14Br4O6/c23-15-5-13(19(27)17(25)7-15)9-31-21(29)11-1-2-12(4-3-11)22(30)32-10-14-6-16(24)8-18(26)20(14)28/h1-8,27-28H,9-10H2. The van der Waals surface area contributed by atoms with Crippen molar-refractivity contribution in [2.75, 3.05) is 0 Å². The highest BCUT2D eigenvalue weighted by Crippen LogP contribution is 2.33. The van der Waals surface area contributed by atoms with Crippen LogP contribution >= 0.6 is 63.7 Å². The van der Waals surface area contributed by atoms with Crippen LogP contribution in [0.1, 0.15) is 31.8 Å². The lowest BCUT2D eigenvalue weighted by Crippen LogP contribution is -2.08. The molecule has 3 aromatic rings. The Morgan fingerprint density at radius 1 is 0.656 bits per heavy atom. The number of aromatic hydroxyl groups is 2. The van der Waals surface area contributed by atoms with Gasteiger partial charge in [0.05, 0.1) is 20.1 Å². The van der Waals surface area contributed by atoms with E-state index in [4.69, 9.17) is 9.47 Å². The minimum absolute atomic E-state index is 0.0115. The van der Waals surface area contributed by atoms with Crippen LogP contribution in [0.4, 0.5) is 0 Å². The molecule has 0 heterocycles. The molecule has 0 amide bonds. The first-order valence-corrected chi connectivity index (χ1v) is 12.1. The predicted molar refractivity (Wildman–Crippen MR) is 132 cm³/mol. The largest absolute Gasteiger partial charge is 0.506 e. The van der Waals surface area contributed by atoms with E-state index < -0.39 is 11.9 Å². The van der Waals surface area contributed by atoms with Gasteiger partial charge in [-0.2, -0.15) is 0 Å². The van der Waals surface area contributed by atoms with E-state index in [0.29, 0.717) is 20.1 Å². The Morgan fingerprint density at radius 2 is 1.00 bits per heavy atom. The average molecular weight is 694 g/mol. The maximum Gasteiger partial charge on any atom is 0.338 e. The van der Waals surface area contributed by atoms with Crippen molar-refractivity contribution in [3.8, 4) is 11.5 Å². The monoisotopic (exact) mass is 690 g/mol. The van der Waals surface area contributed by atoms with Gasteiger partial charge >= 0.3 is 11.9 Å². The second kappa shape index (κ2) is 10.8. The Bertz CT molecular complexity index is 1090. The van der Waals surface area contributed by atoms with Crippen LogP contribution in [0.3, 0.4) is 0 Å². The third-order valence-electron chi connectivity index (χ3n) is 4.29. The molecule has 10 heteroatoms. The normalized spacial score (nSPS) is 10.6. The van der Waals surface area contributed by atoms with Crippen LogP contribution in [0.5, 0.6) is 11.5 Å². The predicted octanol–water partition coefficient (Wildman–Crippen LogP) is 6.86. The van der Waals surface area contributed by atoms with Gasteiger partial charge in [0.1, 0.15) is 24.7 Å². The van der Waals surface area contributed by atoms with E-state index in [9.17, 15) is 19.8 Å². The lowest BCUT2D eigenvalue weighted by atomic mass is 10.1. The molecule has 6 nitrogen and oxygen atoms in total. The van der Waals surface area contributed by atoms with Gasteiger partial charge in [0.25, 0.3) is 0 Å². The van der Waals surface area contributed by atoms with Crippen LogP contribution in [-0.4, -0.2) is 22.2 Å². The van der Waals surface area contributed by atoms with Crippen LogP contribution in [-0.2, 0) is 22.7 Å². The van der Waals surface area contributed by atoms with E-state index in [1.807, 2.05) is 0 Å².